The van der Waals surface area contributed by atoms with Gasteiger partial charge < -0.3 is 10.5 Å². The van der Waals surface area contributed by atoms with Gasteiger partial charge in [0.15, 0.2) is 0 Å². The molecule has 0 saturated heterocycles. The number of rotatable bonds is 6. The first-order valence-electron chi connectivity index (χ1n) is 6.40. The SMILES string of the molecule is CCOc1cc(C)c(/C(C)=C/CCCN)cc1Cl. The standard InChI is InChI=1S/C15H22ClNO/c1-4-18-15-9-12(3)13(10-14(15)16)11(2)7-5-6-8-17/h7,9-10H,4-6,8,17H2,1-3H3/b11-7+. The van der Waals surface area contributed by atoms with Crippen LogP contribution in [0.5, 0.6) is 5.75 Å². The molecule has 0 aliphatic carbocycles. The number of aryl methyl sites for hydroxylation is 1. The molecule has 0 atom stereocenters. The highest BCUT2D eigenvalue weighted by Crippen LogP contribution is 2.31. The Morgan fingerprint density at radius 1 is 1.44 bits per heavy atom. The summed E-state index contributed by atoms with van der Waals surface area (Å²) in [6.07, 6.45) is 4.24. The average Bonchev–Trinajstić information content (AvgIpc) is 2.34. The minimum atomic E-state index is 0.629. The van der Waals surface area contributed by atoms with E-state index in [0.29, 0.717) is 11.6 Å². The maximum Gasteiger partial charge on any atom is 0.138 e. The maximum atomic E-state index is 6.21. The molecule has 0 amide bonds. The molecule has 2 N–H and O–H groups in total. The molecule has 0 radical (unpaired) electrons. The number of ether oxygens (including phenoxy) is 1. The zero-order valence-electron chi connectivity index (χ0n) is 11.4. The predicted octanol–water partition coefficient (Wildman–Crippen LogP) is 4.19. The predicted molar refractivity (Wildman–Crippen MR) is 79.3 cm³/mol. The fraction of sp³-hybridized carbons (Fsp3) is 0.467. The average molecular weight is 268 g/mol. The number of nitrogens with two attached hydrogens (primary N) is 1. The van der Waals surface area contributed by atoms with Crippen molar-refractivity contribution in [1.29, 1.82) is 0 Å². The van der Waals surface area contributed by atoms with Crippen LogP contribution in [-0.4, -0.2) is 13.2 Å². The van der Waals surface area contributed by atoms with E-state index in [2.05, 4.69) is 19.9 Å². The molecule has 0 bridgehead atoms. The number of hydrogen-bond donors (Lipinski definition) is 1. The quantitative estimate of drug-likeness (QED) is 0.785. The minimum Gasteiger partial charge on any atom is -0.492 e. The first kappa shape index (κ1) is 15.1. The van der Waals surface area contributed by atoms with Crippen molar-refractivity contribution in [3.8, 4) is 5.75 Å². The van der Waals surface area contributed by atoms with Gasteiger partial charge in [0, 0.05) is 0 Å². The molecule has 18 heavy (non-hydrogen) atoms. The van der Waals surface area contributed by atoms with Crippen LogP contribution >= 0.6 is 11.6 Å². The monoisotopic (exact) mass is 267 g/mol. The van der Waals surface area contributed by atoms with E-state index in [4.69, 9.17) is 22.1 Å². The number of unbranched alkanes of at least 4 members (excludes halogenated alkanes) is 1. The first-order valence-corrected chi connectivity index (χ1v) is 6.78. The fourth-order valence-corrected chi connectivity index (χ4v) is 2.11. The van der Waals surface area contributed by atoms with Crippen molar-refractivity contribution in [3.63, 3.8) is 0 Å². The molecule has 2 nitrogen and oxygen atoms in total. The Kier molecular flexibility index (Phi) is 6.23. The van der Waals surface area contributed by atoms with Crippen LogP contribution in [0, 0.1) is 6.92 Å². The second-order valence-electron chi connectivity index (χ2n) is 4.35. The van der Waals surface area contributed by atoms with Crippen molar-refractivity contribution in [2.75, 3.05) is 13.2 Å². The number of halogens is 1. The number of benzene rings is 1. The molecule has 0 unspecified atom stereocenters. The molecule has 0 aliphatic heterocycles. The van der Waals surface area contributed by atoms with E-state index in [1.54, 1.807) is 0 Å². The highest BCUT2D eigenvalue weighted by atomic mass is 35.5. The normalized spacial score (nSPS) is 11.7. The zero-order chi connectivity index (χ0) is 13.5. The lowest BCUT2D eigenvalue weighted by molar-refractivity contribution is 0.340. The molecule has 0 saturated carbocycles. The molecular weight excluding hydrogens is 246 g/mol. The summed E-state index contributed by atoms with van der Waals surface area (Å²) in [5, 5.41) is 0.670. The van der Waals surface area contributed by atoms with E-state index in [1.807, 2.05) is 19.1 Å². The van der Waals surface area contributed by atoms with E-state index in [9.17, 15) is 0 Å². The zero-order valence-corrected chi connectivity index (χ0v) is 12.2. The van der Waals surface area contributed by atoms with Gasteiger partial charge in [0.1, 0.15) is 5.75 Å². The molecule has 0 aromatic heterocycles. The second-order valence-corrected chi connectivity index (χ2v) is 4.76. The van der Waals surface area contributed by atoms with Gasteiger partial charge in [0.25, 0.3) is 0 Å². The molecule has 3 heteroatoms. The van der Waals surface area contributed by atoms with Crippen LogP contribution in [0.25, 0.3) is 5.57 Å². The van der Waals surface area contributed by atoms with E-state index in [0.717, 1.165) is 25.1 Å². The lowest BCUT2D eigenvalue weighted by Crippen LogP contribution is -1.97. The number of allylic oxidation sites excluding steroid dienone is 2. The van der Waals surface area contributed by atoms with Crippen LogP contribution in [0.15, 0.2) is 18.2 Å². The molecule has 0 heterocycles. The van der Waals surface area contributed by atoms with Crippen LogP contribution in [-0.2, 0) is 0 Å². The first-order chi connectivity index (χ1) is 8.60. The van der Waals surface area contributed by atoms with Crippen LogP contribution in [0.4, 0.5) is 0 Å². The van der Waals surface area contributed by atoms with Gasteiger partial charge in [-0.1, -0.05) is 17.7 Å². The van der Waals surface area contributed by atoms with Gasteiger partial charge in [-0.3, -0.25) is 0 Å². The smallest absolute Gasteiger partial charge is 0.138 e. The van der Waals surface area contributed by atoms with Gasteiger partial charge in [-0.25, -0.2) is 0 Å². The van der Waals surface area contributed by atoms with Crippen molar-refractivity contribution in [3.05, 3.63) is 34.4 Å². The molecule has 1 rings (SSSR count). The summed E-state index contributed by atoms with van der Waals surface area (Å²) >= 11 is 6.21. The highest BCUT2D eigenvalue weighted by Gasteiger charge is 2.07. The largest absolute Gasteiger partial charge is 0.492 e. The van der Waals surface area contributed by atoms with Crippen molar-refractivity contribution >= 4 is 17.2 Å². The summed E-state index contributed by atoms with van der Waals surface area (Å²) in [4.78, 5) is 0. The van der Waals surface area contributed by atoms with Crippen LogP contribution in [0.1, 0.15) is 37.8 Å². The minimum absolute atomic E-state index is 0.629. The summed E-state index contributed by atoms with van der Waals surface area (Å²) in [5.74, 6) is 0.759. The van der Waals surface area contributed by atoms with Crippen molar-refractivity contribution in [1.82, 2.24) is 0 Å². The summed E-state index contributed by atoms with van der Waals surface area (Å²) in [5.41, 5.74) is 9.10. The Labute approximate surface area is 115 Å². The van der Waals surface area contributed by atoms with Gasteiger partial charge in [0.2, 0.25) is 0 Å². The molecular formula is C15H22ClNO. The van der Waals surface area contributed by atoms with Crippen LogP contribution < -0.4 is 10.5 Å². The second kappa shape index (κ2) is 7.45. The van der Waals surface area contributed by atoms with Crippen molar-refractivity contribution < 1.29 is 4.74 Å². The third-order valence-corrected chi connectivity index (χ3v) is 3.16. The molecule has 100 valence electrons. The third kappa shape index (κ3) is 4.04. The van der Waals surface area contributed by atoms with Gasteiger partial charge >= 0.3 is 0 Å². The summed E-state index contributed by atoms with van der Waals surface area (Å²) in [6.45, 7) is 7.50. The maximum absolute atomic E-state index is 6.21. The van der Waals surface area contributed by atoms with Gasteiger partial charge in [-0.2, -0.15) is 0 Å². The molecule has 1 aromatic rings. The fourth-order valence-electron chi connectivity index (χ4n) is 1.89. The molecule has 0 fully saturated rings. The Morgan fingerprint density at radius 3 is 2.78 bits per heavy atom. The van der Waals surface area contributed by atoms with E-state index >= 15 is 0 Å². The van der Waals surface area contributed by atoms with Gasteiger partial charge in [-0.15, -0.1) is 0 Å². The van der Waals surface area contributed by atoms with Gasteiger partial charge in [-0.05, 0) is 69.0 Å². The lowest BCUT2D eigenvalue weighted by Gasteiger charge is -2.12. The van der Waals surface area contributed by atoms with E-state index < -0.39 is 0 Å². The van der Waals surface area contributed by atoms with Crippen molar-refractivity contribution in [2.45, 2.75) is 33.6 Å². The van der Waals surface area contributed by atoms with Crippen LogP contribution in [0.2, 0.25) is 5.02 Å². The number of hydrogen-bond acceptors (Lipinski definition) is 2. The Hall–Kier alpha value is -0.990. The summed E-state index contributed by atoms with van der Waals surface area (Å²) < 4.78 is 5.48. The lowest BCUT2D eigenvalue weighted by atomic mass is 10.0. The van der Waals surface area contributed by atoms with E-state index in [1.165, 1.54) is 16.7 Å². The Bertz CT molecular complexity index is 427. The third-order valence-electron chi connectivity index (χ3n) is 2.86. The molecule has 1 aromatic carbocycles. The topological polar surface area (TPSA) is 35.2 Å². The van der Waals surface area contributed by atoms with Crippen molar-refractivity contribution in [2.24, 2.45) is 5.73 Å². The van der Waals surface area contributed by atoms with Gasteiger partial charge in [0.05, 0.1) is 11.6 Å². The van der Waals surface area contributed by atoms with Crippen LogP contribution in [0.3, 0.4) is 0 Å². The summed E-state index contributed by atoms with van der Waals surface area (Å²) in [6, 6.07) is 3.98. The summed E-state index contributed by atoms with van der Waals surface area (Å²) in [7, 11) is 0. The highest BCUT2D eigenvalue weighted by molar-refractivity contribution is 6.32. The van der Waals surface area contributed by atoms with E-state index in [-0.39, 0.29) is 0 Å². The Balaban J connectivity index is 2.96. The Morgan fingerprint density at radius 2 is 2.17 bits per heavy atom. The molecule has 0 aliphatic rings. The molecule has 0 spiro atoms.